The van der Waals surface area contributed by atoms with Gasteiger partial charge in [0.1, 0.15) is 12.2 Å². The Bertz CT molecular complexity index is 589. The van der Waals surface area contributed by atoms with E-state index >= 15 is 0 Å². The molecule has 30 heavy (non-hydrogen) atoms. The van der Waals surface area contributed by atoms with E-state index < -0.39 is 20.2 Å². The van der Waals surface area contributed by atoms with Crippen LogP contribution in [0.3, 0.4) is 0 Å². The molecule has 1 heterocycles. The van der Waals surface area contributed by atoms with Gasteiger partial charge >= 0.3 is 5.97 Å². The molecule has 3 atom stereocenters. The van der Waals surface area contributed by atoms with Crippen molar-refractivity contribution in [1.82, 2.24) is 0 Å². The van der Waals surface area contributed by atoms with Gasteiger partial charge in [-0.2, -0.15) is 0 Å². The topological polar surface area (TPSA) is 54.0 Å². The Morgan fingerprint density at radius 2 is 1.87 bits per heavy atom. The van der Waals surface area contributed by atoms with Crippen LogP contribution in [0.4, 0.5) is 0 Å². The second-order valence-electron chi connectivity index (χ2n) is 10.1. The molecule has 1 aliphatic heterocycles. The van der Waals surface area contributed by atoms with Gasteiger partial charge in [0.05, 0.1) is 12.7 Å². The van der Waals surface area contributed by atoms with Crippen molar-refractivity contribution in [1.29, 1.82) is 0 Å². The zero-order valence-corrected chi connectivity index (χ0v) is 21.6. The van der Waals surface area contributed by atoms with Crippen molar-refractivity contribution in [3.63, 3.8) is 0 Å². The molecule has 0 amide bonds. The van der Waals surface area contributed by atoms with Gasteiger partial charge < -0.3 is 18.6 Å². The summed E-state index contributed by atoms with van der Waals surface area (Å²) in [6.07, 6.45) is 11.7. The zero-order chi connectivity index (χ0) is 23.0. The standard InChI is InChI=1S/C24H44O5Si/c1-10-11-12-13-21(29-30(8,9)23(3,4)5)16-14-20(27-19(2)25)15-17-22-18-26-24(6,7)28-22/h14-17,20-22H,10-13,18H2,1-9H3/b16-14+,17-15+/t20-,21-,22+/m1/s1. The van der Waals surface area contributed by atoms with Crippen LogP contribution in [0.2, 0.25) is 18.1 Å². The maximum absolute atomic E-state index is 11.6. The number of carbonyl (C=O) groups is 1. The molecule has 1 fully saturated rings. The summed E-state index contributed by atoms with van der Waals surface area (Å²) in [5, 5.41) is 0.144. The Hall–Kier alpha value is -0.953. The van der Waals surface area contributed by atoms with Crippen LogP contribution >= 0.6 is 0 Å². The van der Waals surface area contributed by atoms with Crippen LogP contribution in [-0.4, -0.2) is 45.0 Å². The third kappa shape index (κ3) is 9.90. The van der Waals surface area contributed by atoms with E-state index in [2.05, 4.69) is 46.9 Å². The van der Waals surface area contributed by atoms with E-state index in [1.165, 1.54) is 19.8 Å². The second-order valence-corrected chi connectivity index (χ2v) is 14.9. The molecule has 0 aromatic rings. The normalized spacial score (nSPS) is 22.0. The largest absolute Gasteiger partial charge is 0.454 e. The number of hydrogen-bond donors (Lipinski definition) is 0. The smallest absolute Gasteiger partial charge is 0.303 e. The number of ether oxygens (including phenoxy) is 3. The Balaban J connectivity index is 2.90. The van der Waals surface area contributed by atoms with Gasteiger partial charge in [-0.25, -0.2) is 0 Å². The van der Waals surface area contributed by atoms with Crippen molar-refractivity contribution in [3.8, 4) is 0 Å². The lowest BCUT2D eigenvalue weighted by atomic mass is 10.1. The first-order valence-corrected chi connectivity index (χ1v) is 14.2. The van der Waals surface area contributed by atoms with E-state index in [0.717, 1.165) is 12.8 Å². The molecular formula is C24H44O5Si. The molecular weight excluding hydrogens is 396 g/mol. The summed E-state index contributed by atoms with van der Waals surface area (Å²) in [5.41, 5.74) is 0. The van der Waals surface area contributed by atoms with Crippen molar-refractivity contribution in [2.24, 2.45) is 0 Å². The van der Waals surface area contributed by atoms with Crippen molar-refractivity contribution < 1.29 is 23.4 Å². The first kappa shape index (κ1) is 27.1. The molecule has 5 nitrogen and oxygen atoms in total. The first-order chi connectivity index (χ1) is 13.8. The van der Waals surface area contributed by atoms with Crippen LogP contribution in [0.1, 0.15) is 74.1 Å². The average Bonchev–Trinajstić information content (AvgIpc) is 2.94. The molecule has 0 aromatic carbocycles. The number of esters is 1. The number of carbonyl (C=O) groups excluding carboxylic acids is 1. The third-order valence-corrected chi connectivity index (χ3v) is 10.2. The highest BCUT2D eigenvalue weighted by Gasteiger charge is 2.38. The molecule has 0 aliphatic carbocycles. The Morgan fingerprint density at radius 1 is 1.20 bits per heavy atom. The lowest BCUT2D eigenvalue weighted by Gasteiger charge is -2.38. The van der Waals surface area contributed by atoms with Crippen LogP contribution in [0, 0.1) is 0 Å². The molecule has 0 unspecified atom stereocenters. The lowest BCUT2D eigenvalue weighted by molar-refractivity contribution is -0.142. The molecule has 1 rings (SSSR count). The maximum Gasteiger partial charge on any atom is 0.303 e. The molecule has 6 heteroatoms. The van der Waals surface area contributed by atoms with Gasteiger partial charge in [0, 0.05) is 6.92 Å². The molecule has 0 spiro atoms. The highest BCUT2D eigenvalue weighted by molar-refractivity contribution is 6.74. The van der Waals surface area contributed by atoms with Crippen LogP contribution in [-0.2, 0) is 23.4 Å². The summed E-state index contributed by atoms with van der Waals surface area (Å²) in [6, 6.07) is 0. The van der Waals surface area contributed by atoms with Crippen LogP contribution < -0.4 is 0 Å². The van der Waals surface area contributed by atoms with Gasteiger partial charge in [-0.1, -0.05) is 59.1 Å². The van der Waals surface area contributed by atoms with Crippen LogP contribution in [0.25, 0.3) is 0 Å². The predicted molar refractivity (Wildman–Crippen MR) is 125 cm³/mol. The van der Waals surface area contributed by atoms with Crippen molar-refractivity contribution in [2.45, 2.75) is 116 Å². The van der Waals surface area contributed by atoms with E-state index in [1.54, 1.807) is 0 Å². The second kappa shape index (κ2) is 11.6. The Kier molecular flexibility index (Phi) is 10.5. The van der Waals surface area contributed by atoms with Gasteiger partial charge in [-0.15, -0.1) is 0 Å². The predicted octanol–water partition coefficient (Wildman–Crippen LogP) is 6.15. The maximum atomic E-state index is 11.6. The Morgan fingerprint density at radius 3 is 2.37 bits per heavy atom. The summed E-state index contributed by atoms with van der Waals surface area (Å²) in [7, 11) is -1.90. The molecule has 174 valence electrons. The van der Waals surface area contributed by atoms with E-state index in [-0.39, 0.29) is 23.2 Å². The molecule has 0 aromatic heterocycles. The van der Waals surface area contributed by atoms with E-state index in [9.17, 15) is 4.79 Å². The molecule has 0 bridgehead atoms. The average molecular weight is 441 g/mol. The van der Waals surface area contributed by atoms with E-state index in [1.807, 2.05) is 32.1 Å². The Labute approximate surface area is 185 Å². The van der Waals surface area contributed by atoms with Crippen LogP contribution in [0.15, 0.2) is 24.3 Å². The van der Waals surface area contributed by atoms with Gasteiger partial charge in [0.2, 0.25) is 0 Å². The number of unbranched alkanes of at least 4 members (excludes halogenated alkanes) is 2. The van der Waals surface area contributed by atoms with Gasteiger partial charge in [-0.3, -0.25) is 4.79 Å². The SMILES string of the molecule is CCCCC[C@H](/C=C/[C@H](/C=C/[C@H]1COC(C)(C)O1)OC(C)=O)O[Si](C)(C)C(C)(C)C. The van der Waals surface area contributed by atoms with Gasteiger partial charge in [-0.05, 0) is 50.6 Å². The zero-order valence-electron chi connectivity index (χ0n) is 20.6. The summed E-state index contributed by atoms with van der Waals surface area (Å²) in [6.45, 7) is 19.2. The molecule has 0 radical (unpaired) electrons. The van der Waals surface area contributed by atoms with Crippen molar-refractivity contribution in [2.75, 3.05) is 6.61 Å². The molecule has 0 saturated carbocycles. The van der Waals surface area contributed by atoms with E-state index in [0.29, 0.717) is 6.61 Å². The minimum atomic E-state index is -1.90. The van der Waals surface area contributed by atoms with Crippen LogP contribution in [0.5, 0.6) is 0 Å². The van der Waals surface area contributed by atoms with Gasteiger partial charge in [0.25, 0.3) is 0 Å². The summed E-state index contributed by atoms with van der Waals surface area (Å²) < 4.78 is 23.5. The molecule has 1 aliphatic rings. The highest BCUT2D eigenvalue weighted by Crippen LogP contribution is 2.38. The number of rotatable bonds is 11. The number of hydrogen-bond acceptors (Lipinski definition) is 5. The monoisotopic (exact) mass is 440 g/mol. The fraction of sp³-hybridized carbons (Fsp3) is 0.792. The summed E-state index contributed by atoms with van der Waals surface area (Å²) >= 11 is 0. The minimum Gasteiger partial charge on any atom is -0.454 e. The first-order valence-electron chi connectivity index (χ1n) is 11.3. The van der Waals surface area contributed by atoms with Gasteiger partial charge in [0.15, 0.2) is 14.1 Å². The summed E-state index contributed by atoms with van der Waals surface area (Å²) in [5.74, 6) is -0.894. The highest BCUT2D eigenvalue weighted by atomic mass is 28.4. The quantitative estimate of drug-likeness (QED) is 0.167. The van der Waals surface area contributed by atoms with Crippen molar-refractivity contribution in [3.05, 3.63) is 24.3 Å². The summed E-state index contributed by atoms with van der Waals surface area (Å²) in [4.78, 5) is 11.6. The fourth-order valence-electron chi connectivity index (χ4n) is 2.96. The minimum absolute atomic E-state index is 0.0221. The van der Waals surface area contributed by atoms with E-state index in [4.69, 9.17) is 18.6 Å². The fourth-order valence-corrected chi connectivity index (χ4v) is 4.26. The molecule has 0 N–H and O–H groups in total. The lowest BCUT2D eigenvalue weighted by Crippen LogP contribution is -2.43. The third-order valence-electron chi connectivity index (χ3n) is 5.71. The molecule has 1 saturated heterocycles. The van der Waals surface area contributed by atoms with Crippen molar-refractivity contribution >= 4 is 14.3 Å².